The van der Waals surface area contributed by atoms with Crippen molar-refractivity contribution in [2.45, 2.75) is 50.3 Å². The zero-order valence-corrected chi connectivity index (χ0v) is 13.9. The summed E-state index contributed by atoms with van der Waals surface area (Å²) in [5.74, 6) is 0. The SMILES string of the molecule is CCCCCCCCOS(=O)(=O)c1cc(Cl)cc(Cl)c1. The van der Waals surface area contributed by atoms with Gasteiger partial charge in [-0.3, -0.25) is 4.18 Å². The van der Waals surface area contributed by atoms with Crippen molar-refractivity contribution < 1.29 is 12.6 Å². The van der Waals surface area contributed by atoms with E-state index < -0.39 is 10.1 Å². The molecule has 0 N–H and O–H groups in total. The minimum absolute atomic E-state index is 0.000910. The van der Waals surface area contributed by atoms with Gasteiger partial charge in [-0.1, -0.05) is 62.2 Å². The molecule has 3 nitrogen and oxygen atoms in total. The molecule has 0 heterocycles. The second-order valence-corrected chi connectivity index (χ2v) is 7.14. The van der Waals surface area contributed by atoms with Crippen LogP contribution in [0.2, 0.25) is 10.0 Å². The maximum atomic E-state index is 11.9. The van der Waals surface area contributed by atoms with E-state index in [1.807, 2.05) is 0 Å². The van der Waals surface area contributed by atoms with Gasteiger partial charge in [0.15, 0.2) is 0 Å². The van der Waals surface area contributed by atoms with Crippen molar-refractivity contribution in [1.82, 2.24) is 0 Å². The first-order chi connectivity index (χ1) is 9.45. The van der Waals surface area contributed by atoms with E-state index >= 15 is 0 Å². The Morgan fingerprint density at radius 2 is 1.50 bits per heavy atom. The molecule has 1 rings (SSSR count). The number of hydrogen-bond donors (Lipinski definition) is 0. The van der Waals surface area contributed by atoms with E-state index in [1.54, 1.807) is 0 Å². The molecular formula is C14H20Cl2O3S. The van der Waals surface area contributed by atoms with Crippen LogP contribution in [-0.2, 0) is 14.3 Å². The summed E-state index contributed by atoms with van der Waals surface area (Å²) in [6, 6.07) is 4.16. The van der Waals surface area contributed by atoms with Crippen LogP contribution in [0.3, 0.4) is 0 Å². The van der Waals surface area contributed by atoms with Crippen molar-refractivity contribution >= 4 is 33.3 Å². The van der Waals surface area contributed by atoms with E-state index in [0.717, 1.165) is 19.3 Å². The van der Waals surface area contributed by atoms with E-state index in [-0.39, 0.29) is 21.5 Å². The van der Waals surface area contributed by atoms with Crippen LogP contribution in [0.4, 0.5) is 0 Å². The molecule has 20 heavy (non-hydrogen) atoms. The quantitative estimate of drug-likeness (QED) is 0.466. The van der Waals surface area contributed by atoms with Gasteiger partial charge in [0, 0.05) is 10.0 Å². The molecule has 0 radical (unpaired) electrons. The Hall–Kier alpha value is -0.290. The number of rotatable bonds is 9. The zero-order valence-electron chi connectivity index (χ0n) is 11.6. The molecule has 114 valence electrons. The molecule has 1 aromatic carbocycles. The van der Waals surface area contributed by atoms with Gasteiger partial charge in [-0.15, -0.1) is 0 Å². The number of benzene rings is 1. The highest BCUT2D eigenvalue weighted by Crippen LogP contribution is 2.23. The Bertz CT molecular complexity index is 495. The van der Waals surface area contributed by atoms with Gasteiger partial charge in [0.05, 0.1) is 11.5 Å². The van der Waals surface area contributed by atoms with Crippen LogP contribution in [0, 0.1) is 0 Å². The van der Waals surface area contributed by atoms with Gasteiger partial charge in [0.25, 0.3) is 10.1 Å². The highest BCUT2D eigenvalue weighted by atomic mass is 35.5. The van der Waals surface area contributed by atoms with Crippen molar-refractivity contribution in [3.8, 4) is 0 Å². The average molecular weight is 339 g/mol. The molecule has 0 aliphatic rings. The molecule has 0 aliphatic heterocycles. The molecule has 0 amide bonds. The summed E-state index contributed by atoms with van der Waals surface area (Å²) in [5, 5.41) is 0.554. The Labute approximate surface area is 131 Å². The van der Waals surface area contributed by atoms with Gasteiger partial charge in [0.1, 0.15) is 0 Å². The van der Waals surface area contributed by atoms with Crippen molar-refractivity contribution in [2.75, 3.05) is 6.61 Å². The van der Waals surface area contributed by atoms with E-state index in [4.69, 9.17) is 27.4 Å². The highest BCUT2D eigenvalue weighted by Gasteiger charge is 2.16. The summed E-state index contributed by atoms with van der Waals surface area (Å²) < 4.78 is 28.9. The van der Waals surface area contributed by atoms with E-state index in [0.29, 0.717) is 0 Å². The lowest BCUT2D eigenvalue weighted by molar-refractivity contribution is 0.306. The van der Waals surface area contributed by atoms with Crippen LogP contribution in [-0.4, -0.2) is 15.0 Å². The molecule has 0 saturated heterocycles. The number of unbranched alkanes of at least 4 members (excludes halogenated alkanes) is 5. The van der Waals surface area contributed by atoms with Gasteiger partial charge >= 0.3 is 0 Å². The maximum Gasteiger partial charge on any atom is 0.297 e. The lowest BCUT2D eigenvalue weighted by Crippen LogP contribution is -2.07. The molecule has 0 spiro atoms. The first-order valence-electron chi connectivity index (χ1n) is 6.81. The third-order valence-electron chi connectivity index (χ3n) is 2.86. The fraction of sp³-hybridized carbons (Fsp3) is 0.571. The third kappa shape index (κ3) is 6.44. The van der Waals surface area contributed by atoms with E-state index in [9.17, 15) is 8.42 Å². The van der Waals surface area contributed by atoms with E-state index in [1.165, 1.54) is 37.5 Å². The standard InChI is InChI=1S/C14H20Cl2O3S/c1-2-3-4-5-6-7-8-19-20(17,18)14-10-12(15)9-13(16)11-14/h9-11H,2-8H2,1H3. The smallest absolute Gasteiger partial charge is 0.266 e. The normalized spacial score (nSPS) is 11.8. The molecule has 0 saturated carbocycles. The van der Waals surface area contributed by atoms with Gasteiger partial charge in [-0.25, -0.2) is 0 Å². The molecular weight excluding hydrogens is 319 g/mol. The third-order valence-corrected chi connectivity index (χ3v) is 4.59. The Balaban J connectivity index is 2.42. The van der Waals surface area contributed by atoms with Crippen LogP contribution in [0.15, 0.2) is 23.1 Å². The summed E-state index contributed by atoms with van der Waals surface area (Å²) in [6.45, 7) is 2.35. The number of hydrogen-bond acceptors (Lipinski definition) is 3. The monoisotopic (exact) mass is 338 g/mol. The van der Waals surface area contributed by atoms with Crippen molar-refractivity contribution in [1.29, 1.82) is 0 Å². The summed E-state index contributed by atoms with van der Waals surface area (Å²) in [6.07, 6.45) is 6.43. The van der Waals surface area contributed by atoms with Crippen molar-refractivity contribution in [2.24, 2.45) is 0 Å². The molecule has 1 aromatic rings. The molecule has 0 aliphatic carbocycles. The second kappa shape index (κ2) is 8.88. The fourth-order valence-corrected chi connectivity index (χ4v) is 3.46. The van der Waals surface area contributed by atoms with Gasteiger partial charge in [0.2, 0.25) is 0 Å². The first-order valence-corrected chi connectivity index (χ1v) is 8.97. The molecule has 0 atom stereocenters. The predicted molar refractivity (Wildman–Crippen MR) is 83.0 cm³/mol. The number of halogens is 2. The molecule has 0 fully saturated rings. The van der Waals surface area contributed by atoms with Crippen LogP contribution in [0.25, 0.3) is 0 Å². The summed E-state index contributed by atoms with van der Waals surface area (Å²) in [4.78, 5) is 0.000910. The topological polar surface area (TPSA) is 43.4 Å². The van der Waals surface area contributed by atoms with Crippen LogP contribution in [0.1, 0.15) is 45.4 Å². The molecule has 0 bridgehead atoms. The largest absolute Gasteiger partial charge is 0.297 e. The van der Waals surface area contributed by atoms with Gasteiger partial charge < -0.3 is 0 Å². The second-order valence-electron chi connectivity index (χ2n) is 4.65. The summed E-state index contributed by atoms with van der Waals surface area (Å²) in [5.41, 5.74) is 0. The fourth-order valence-electron chi connectivity index (χ4n) is 1.79. The van der Waals surface area contributed by atoms with E-state index in [2.05, 4.69) is 6.92 Å². The average Bonchev–Trinajstić information content (AvgIpc) is 2.36. The van der Waals surface area contributed by atoms with Crippen LogP contribution >= 0.6 is 23.2 Å². The minimum Gasteiger partial charge on any atom is -0.266 e. The maximum absolute atomic E-state index is 11.9. The summed E-state index contributed by atoms with van der Waals surface area (Å²) >= 11 is 11.6. The molecule has 0 unspecified atom stereocenters. The van der Waals surface area contributed by atoms with Crippen molar-refractivity contribution in [3.63, 3.8) is 0 Å². The summed E-state index contributed by atoms with van der Waals surface area (Å²) in [7, 11) is -3.77. The molecule has 0 aromatic heterocycles. The van der Waals surface area contributed by atoms with Gasteiger partial charge in [-0.05, 0) is 24.6 Å². The highest BCUT2D eigenvalue weighted by molar-refractivity contribution is 7.86. The molecule has 6 heteroatoms. The van der Waals surface area contributed by atoms with Crippen LogP contribution < -0.4 is 0 Å². The Morgan fingerprint density at radius 1 is 0.950 bits per heavy atom. The predicted octanol–water partition coefficient (Wildman–Crippen LogP) is 5.06. The lowest BCUT2D eigenvalue weighted by Gasteiger charge is -2.06. The first kappa shape index (κ1) is 17.8. The Morgan fingerprint density at radius 3 is 2.10 bits per heavy atom. The lowest BCUT2D eigenvalue weighted by atomic mass is 10.1. The van der Waals surface area contributed by atoms with Crippen LogP contribution in [0.5, 0.6) is 0 Å². The minimum atomic E-state index is -3.77. The Kier molecular flexibility index (Phi) is 7.88. The van der Waals surface area contributed by atoms with Crippen molar-refractivity contribution in [3.05, 3.63) is 28.2 Å². The van der Waals surface area contributed by atoms with Gasteiger partial charge in [-0.2, -0.15) is 8.42 Å². The zero-order chi connectivity index (χ0) is 15.0.